The molecule has 1 atom stereocenters. The molecule has 5 heteroatoms. The van der Waals surface area contributed by atoms with Gasteiger partial charge in [-0.2, -0.15) is 5.10 Å². The second-order valence-corrected chi connectivity index (χ2v) is 4.37. The second kappa shape index (κ2) is 5.42. The molecule has 0 radical (unpaired) electrons. The Morgan fingerprint density at radius 2 is 2.22 bits per heavy atom. The minimum atomic E-state index is -0.278. The van der Waals surface area contributed by atoms with Gasteiger partial charge in [0.15, 0.2) is 0 Å². The molecular weight excluding hydrogens is 250 g/mol. The fraction of sp³-hybridized carbons (Fsp3) is 0.308. The van der Waals surface area contributed by atoms with Crippen LogP contribution >= 0.6 is 11.6 Å². The molecule has 0 amide bonds. The number of nitrogens with zero attached hydrogens (tertiary/aromatic N) is 2. The van der Waals surface area contributed by atoms with E-state index in [9.17, 15) is 0 Å². The fourth-order valence-electron chi connectivity index (χ4n) is 1.97. The molecule has 0 aliphatic heterocycles. The van der Waals surface area contributed by atoms with Crippen molar-refractivity contribution in [3.63, 3.8) is 0 Å². The van der Waals surface area contributed by atoms with Crippen LogP contribution in [0.4, 0.5) is 0 Å². The van der Waals surface area contributed by atoms with E-state index in [2.05, 4.69) is 5.10 Å². The molecule has 2 rings (SSSR count). The summed E-state index contributed by atoms with van der Waals surface area (Å²) in [6, 6.07) is 7.11. The highest BCUT2D eigenvalue weighted by Gasteiger charge is 2.17. The number of hydrogen-bond donors (Lipinski definition) is 1. The van der Waals surface area contributed by atoms with Crippen molar-refractivity contribution in [1.29, 1.82) is 0 Å². The van der Waals surface area contributed by atoms with Crippen molar-refractivity contribution in [3.8, 4) is 5.75 Å². The highest BCUT2D eigenvalue weighted by atomic mass is 35.5. The molecule has 2 aromatic rings. The summed E-state index contributed by atoms with van der Waals surface area (Å²) in [6.45, 7) is 2.81. The number of benzene rings is 1. The first kappa shape index (κ1) is 12.9. The quantitative estimate of drug-likeness (QED) is 0.925. The molecule has 1 aromatic carbocycles. The molecule has 18 heavy (non-hydrogen) atoms. The third-order valence-corrected chi connectivity index (χ3v) is 3.13. The summed E-state index contributed by atoms with van der Waals surface area (Å²) in [5.74, 6) is 0.693. The number of aromatic nitrogens is 2. The summed E-state index contributed by atoms with van der Waals surface area (Å²) in [4.78, 5) is 0. The van der Waals surface area contributed by atoms with Gasteiger partial charge in [-0.1, -0.05) is 17.7 Å². The van der Waals surface area contributed by atoms with Gasteiger partial charge in [-0.05, 0) is 25.1 Å². The first-order valence-corrected chi connectivity index (χ1v) is 6.16. The van der Waals surface area contributed by atoms with Crippen LogP contribution in [0.3, 0.4) is 0 Å². The second-order valence-electron chi connectivity index (χ2n) is 3.94. The summed E-state index contributed by atoms with van der Waals surface area (Å²) in [5.41, 5.74) is 8.14. The van der Waals surface area contributed by atoms with Crippen LogP contribution in [0.5, 0.6) is 5.75 Å². The van der Waals surface area contributed by atoms with Crippen LogP contribution in [-0.4, -0.2) is 16.9 Å². The molecule has 0 fully saturated rings. The van der Waals surface area contributed by atoms with Gasteiger partial charge in [0, 0.05) is 23.3 Å². The zero-order chi connectivity index (χ0) is 13.1. The third-order valence-electron chi connectivity index (χ3n) is 2.90. The molecule has 2 N–H and O–H groups in total. The Morgan fingerprint density at radius 1 is 1.44 bits per heavy atom. The van der Waals surface area contributed by atoms with E-state index in [0.29, 0.717) is 10.8 Å². The average molecular weight is 266 g/mol. The number of hydrogen-bond acceptors (Lipinski definition) is 3. The van der Waals surface area contributed by atoms with E-state index >= 15 is 0 Å². The van der Waals surface area contributed by atoms with Crippen LogP contribution in [0, 0.1) is 0 Å². The first-order chi connectivity index (χ1) is 8.67. The highest BCUT2D eigenvalue weighted by Crippen LogP contribution is 2.30. The van der Waals surface area contributed by atoms with E-state index in [1.165, 1.54) is 0 Å². The van der Waals surface area contributed by atoms with Crippen molar-refractivity contribution < 1.29 is 4.74 Å². The number of nitrogens with two attached hydrogens (primary N) is 1. The van der Waals surface area contributed by atoms with Gasteiger partial charge >= 0.3 is 0 Å². The van der Waals surface area contributed by atoms with Crippen molar-refractivity contribution in [2.75, 3.05) is 7.11 Å². The highest BCUT2D eigenvalue weighted by molar-refractivity contribution is 6.30. The average Bonchev–Trinajstić information content (AvgIpc) is 2.86. The lowest BCUT2D eigenvalue weighted by molar-refractivity contribution is 0.407. The third kappa shape index (κ3) is 2.35. The van der Waals surface area contributed by atoms with E-state index in [4.69, 9.17) is 22.1 Å². The minimum absolute atomic E-state index is 0.278. The first-order valence-electron chi connectivity index (χ1n) is 5.78. The lowest BCUT2D eigenvalue weighted by atomic mass is 10.0. The predicted octanol–water partition coefficient (Wildman–Crippen LogP) is 2.61. The van der Waals surface area contributed by atoms with Crippen LogP contribution in [0.2, 0.25) is 5.02 Å². The molecule has 0 spiro atoms. The van der Waals surface area contributed by atoms with Gasteiger partial charge < -0.3 is 10.5 Å². The largest absolute Gasteiger partial charge is 0.496 e. The van der Waals surface area contributed by atoms with Crippen LogP contribution in [-0.2, 0) is 6.54 Å². The van der Waals surface area contributed by atoms with Crippen molar-refractivity contribution >= 4 is 11.6 Å². The fourth-order valence-corrected chi connectivity index (χ4v) is 2.13. The molecule has 0 bridgehead atoms. The van der Waals surface area contributed by atoms with Gasteiger partial charge in [0.25, 0.3) is 0 Å². The van der Waals surface area contributed by atoms with Crippen LogP contribution in [0.25, 0.3) is 0 Å². The number of methoxy groups -OCH3 is 1. The van der Waals surface area contributed by atoms with Crippen LogP contribution < -0.4 is 10.5 Å². The monoisotopic (exact) mass is 265 g/mol. The normalized spacial score (nSPS) is 12.4. The van der Waals surface area contributed by atoms with Gasteiger partial charge in [0.1, 0.15) is 5.75 Å². The van der Waals surface area contributed by atoms with Gasteiger partial charge in [-0.3, -0.25) is 4.68 Å². The molecule has 1 aromatic heterocycles. The molecule has 0 aliphatic carbocycles. The molecule has 1 unspecified atom stereocenters. The zero-order valence-corrected chi connectivity index (χ0v) is 11.2. The Balaban J connectivity index is 2.42. The summed E-state index contributed by atoms with van der Waals surface area (Å²) < 4.78 is 7.20. The number of halogens is 1. The van der Waals surface area contributed by atoms with E-state index in [-0.39, 0.29) is 6.04 Å². The van der Waals surface area contributed by atoms with E-state index < -0.39 is 0 Å². The van der Waals surface area contributed by atoms with Crippen LogP contribution in [0.15, 0.2) is 30.5 Å². The lowest BCUT2D eigenvalue weighted by Crippen LogP contribution is -2.17. The molecule has 4 nitrogen and oxygen atoms in total. The van der Waals surface area contributed by atoms with Crippen molar-refractivity contribution in [3.05, 3.63) is 46.7 Å². The Hall–Kier alpha value is -1.52. The SMILES string of the molecule is CCn1nccc1C(N)c1ccc(Cl)cc1OC. The van der Waals surface area contributed by atoms with Crippen LogP contribution in [0.1, 0.15) is 24.2 Å². The van der Waals surface area contributed by atoms with Gasteiger partial charge in [-0.15, -0.1) is 0 Å². The topological polar surface area (TPSA) is 53.1 Å². The van der Waals surface area contributed by atoms with Crippen molar-refractivity contribution in [1.82, 2.24) is 9.78 Å². The molecule has 96 valence electrons. The standard InChI is InChI=1S/C13H16ClN3O/c1-3-17-11(6-7-16-17)13(15)10-5-4-9(14)8-12(10)18-2/h4-8,13H,3,15H2,1-2H3. The van der Waals surface area contributed by atoms with Crippen molar-refractivity contribution in [2.45, 2.75) is 19.5 Å². The van der Waals surface area contributed by atoms with Gasteiger partial charge in [0.2, 0.25) is 0 Å². The zero-order valence-electron chi connectivity index (χ0n) is 10.4. The van der Waals surface area contributed by atoms with E-state index in [1.54, 1.807) is 19.4 Å². The molecular formula is C13H16ClN3O. The number of ether oxygens (including phenoxy) is 1. The van der Waals surface area contributed by atoms with E-state index in [0.717, 1.165) is 17.8 Å². The Labute approximate surface area is 111 Å². The van der Waals surface area contributed by atoms with Gasteiger partial charge in [-0.25, -0.2) is 0 Å². The molecule has 0 aliphatic rings. The Morgan fingerprint density at radius 3 is 2.89 bits per heavy atom. The summed E-state index contributed by atoms with van der Waals surface area (Å²) >= 11 is 5.95. The number of aryl methyl sites for hydroxylation is 1. The van der Waals surface area contributed by atoms with E-state index in [1.807, 2.05) is 29.8 Å². The summed E-state index contributed by atoms with van der Waals surface area (Å²) in [6.07, 6.45) is 1.75. The smallest absolute Gasteiger partial charge is 0.125 e. The Bertz CT molecular complexity index is 539. The maximum absolute atomic E-state index is 6.28. The minimum Gasteiger partial charge on any atom is -0.496 e. The predicted molar refractivity (Wildman–Crippen MR) is 71.9 cm³/mol. The lowest BCUT2D eigenvalue weighted by Gasteiger charge is -2.17. The van der Waals surface area contributed by atoms with Gasteiger partial charge in [0.05, 0.1) is 18.8 Å². The molecule has 0 saturated heterocycles. The number of rotatable bonds is 4. The van der Waals surface area contributed by atoms with Crippen molar-refractivity contribution in [2.24, 2.45) is 5.73 Å². The summed E-state index contributed by atoms with van der Waals surface area (Å²) in [7, 11) is 1.61. The Kier molecular flexibility index (Phi) is 3.89. The maximum Gasteiger partial charge on any atom is 0.125 e. The molecule has 0 saturated carbocycles. The molecule has 1 heterocycles. The summed E-state index contributed by atoms with van der Waals surface area (Å²) in [5, 5.41) is 4.86. The maximum atomic E-state index is 6.28.